The summed E-state index contributed by atoms with van der Waals surface area (Å²) < 4.78 is 28.3. The Kier molecular flexibility index (Phi) is 4.91. The minimum absolute atomic E-state index is 0.140. The average Bonchev–Trinajstić information content (AvgIpc) is 2.82. The molecule has 1 saturated heterocycles. The van der Waals surface area contributed by atoms with Crippen LogP contribution in [0.4, 0.5) is 0 Å². The largest absolute Gasteiger partial charge is 0.396 e. The summed E-state index contributed by atoms with van der Waals surface area (Å²) in [7, 11) is -3.43. The lowest BCUT2D eigenvalue weighted by atomic mass is 10.00. The van der Waals surface area contributed by atoms with E-state index in [4.69, 9.17) is 5.11 Å². The van der Waals surface area contributed by atoms with E-state index in [2.05, 4.69) is 9.71 Å². The van der Waals surface area contributed by atoms with Gasteiger partial charge >= 0.3 is 0 Å². The number of thiazole rings is 1. The highest BCUT2D eigenvalue weighted by molar-refractivity contribution is 7.87. The van der Waals surface area contributed by atoms with Crippen LogP contribution in [0.1, 0.15) is 23.4 Å². The number of aliphatic hydroxyl groups excluding tert-OH is 1. The number of nitrogens with zero attached hydrogens (tertiary/aromatic N) is 2. The van der Waals surface area contributed by atoms with Gasteiger partial charge in [0.2, 0.25) is 0 Å². The minimum Gasteiger partial charge on any atom is -0.396 e. The molecule has 0 atom stereocenters. The Morgan fingerprint density at radius 2 is 2.21 bits per heavy atom. The van der Waals surface area contributed by atoms with Crippen molar-refractivity contribution in [1.29, 1.82) is 0 Å². The van der Waals surface area contributed by atoms with Crippen LogP contribution in [0.25, 0.3) is 0 Å². The van der Waals surface area contributed by atoms with E-state index in [9.17, 15) is 8.42 Å². The third-order valence-corrected chi connectivity index (χ3v) is 5.92. The van der Waals surface area contributed by atoms with E-state index in [-0.39, 0.29) is 12.5 Å². The molecule has 0 spiro atoms. The van der Waals surface area contributed by atoms with E-state index in [1.165, 1.54) is 15.6 Å². The summed E-state index contributed by atoms with van der Waals surface area (Å²) in [6.07, 6.45) is 1.44. The van der Waals surface area contributed by atoms with Crippen molar-refractivity contribution in [1.82, 2.24) is 14.0 Å². The lowest BCUT2D eigenvalue weighted by Gasteiger charge is -2.30. The van der Waals surface area contributed by atoms with E-state index in [1.54, 1.807) is 5.51 Å². The molecule has 0 aromatic carbocycles. The first-order chi connectivity index (χ1) is 9.03. The third kappa shape index (κ3) is 3.73. The van der Waals surface area contributed by atoms with Crippen LogP contribution in [-0.4, -0.2) is 42.5 Å². The lowest BCUT2D eigenvalue weighted by molar-refractivity contribution is 0.169. The van der Waals surface area contributed by atoms with Crippen molar-refractivity contribution in [3.05, 3.63) is 16.1 Å². The van der Waals surface area contributed by atoms with Gasteiger partial charge in [-0.25, -0.2) is 4.98 Å². The van der Waals surface area contributed by atoms with Gasteiger partial charge in [0, 0.05) is 31.1 Å². The van der Waals surface area contributed by atoms with Crippen molar-refractivity contribution < 1.29 is 13.5 Å². The van der Waals surface area contributed by atoms with Gasteiger partial charge in [-0.3, -0.25) is 0 Å². The van der Waals surface area contributed by atoms with Crippen LogP contribution in [0.2, 0.25) is 0 Å². The molecule has 0 bridgehead atoms. The zero-order chi connectivity index (χ0) is 13.9. The zero-order valence-corrected chi connectivity index (χ0v) is 12.5. The van der Waals surface area contributed by atoms with Crippen LogP contribution in [-0.2, 0) is 16.8 Å². The fourth-order valence-electron chi connectivity index (χ4n) is 2.08. The van der Waals surface area contributed by atoms with Gasteiger partial charge in [-0.15, -0.1) is 11.3 Å². The van der Waals surface area contributed by atoms with E-state index < -0.39 is 10.2 Å². The number of hydrogen-bond donors (Lipinski definition) is 2. The summed E-state index contributed by atoms with van der Waals surface area (Å²) >= 11 is 1.45. The van der Waals surface area contributed by atoms with Gasteiger partial charge in [-0.2, -0.15) is 17.4 Å². The first kappa shape index (κ1) is 14.9. The lowest BCUT2D eigenvalue weighted by Crippen LogP contribution is -2.45. The SMILES string of the molecule is Cc1ncsc1CNS(=O)(=O)N1CCC(CO)CC1. The maximum Gasteiger partial charge on any atom is 0.279 e. The normalized spacial score (nSPS) is 18.8. The van der Waals surface area contributed by atoms with E-state index >= 15 is 0 Å². The van der Waals surface area contributed by atoms with Crippen molar-refractivity contribution in [2.24, 2.45) is 5.92 Å². The zero-order valence-electron chi connectivity index (χ0n) is 10.9. The molecule has 0 amide bonds. The van der Waals surface area contributed by atoms with Gasteiger partial charge in [0.05, 0.1) is 11.2 Å². The van der Waals surface area contributed by atoms with Gasteiger partial charge in [0.1, 0.15) is 0 Å². The van der Waals surface area contributed by atoms with Crippen molar-refractivity contribution >= 4 is 21.5 Å². The third-order valence-electron chi connectivity index (χ3n) is 3.43. The summed E-state index contributed by atoms with van der Waals surface area (Å²) in [5.41, 5.74) is 2.58. The fourth-order valence-corrected chi connectivity index (χ4v) is 4.09. The van der Waals surface area contributed by atoms with Crippen LogP contribution >= 0.6 is 11.3 Å². The van der Waals surface area contributed by atoms with Gasteiger partial charge in [0.15, 0.2) is 0 Å². The predicted octanol–water partition coefficient (Wildman–Crippen LogP) is 0.490. The second-order valence-corrected chi connectivity index (χ2v) is 7.41. The highest BCUT2D eigenvalue weighted by Gasteiger charge is 2.27. The predicted molar refractivity (Wildman–Crippen MR) is 74.0 cm³/mol. The first-order valence-corrected chi connectivity index (χ1v) is 8.59. The Morgan fingerprint density at radius 3 is 2.74 bits per heavy atom. The number of aliphatic hydroxyl groups is 1. The molecule has 0 saturated carbocycles. The molecule has 8 heteroatoms. The molecule has 0 radical (unpaired) electrons. The topological polar surface area (TPSA) is 82.5 Å². The van der Waals surface area contributed by atoms with Crippen LogP contribution in [0, 0.1) is 12.8 Å². The average molecular weight is 305 g/mol. The van der Waals surface area contributed by atoms with Crippen LogP contribution in [0.3, 0.4) is 0 Å². The Labute approximate surface area is 117 Å². The maximum atomic E-state index is 12.1. The van der Waals surface area contributed by atoms with Crippen molar-refractivity contribution in [3.8, 4) is 0 Å². The highest BCUT2D eigenvalue weighted by Crippen LogP contribution is 2.19. The molecule has 1 aromatic heterocycles. The molecule has 6 nitrogen and oxygen atoms in total. The van der Waals surface area contributed by atoms with Crippen molar-refractivity contribution in [2.75, 3.05) is 19.7 Å². The van der Waals surface area contributed by atoms with Crippen molar-refractivity contribution in [3.63, 3.8) is 0 Å². The second-order valence-electron chi connectivity index (χ2n) is 4.71. The van der Waals surface area contributed by atoms with Gasteiger partial charge in [-0.05, 0) is 25.7 Å². The standard InChI is InChI=1S/C11H19N3O3S2/c1-9-11(18-8-12-9)6-13-19(16,17)14-4-2-10(7-15)3-5-14/h8,10,13,15H,2-7H2,1H3. The number of aryl methyl sites for hydroxylation is 1. The number of rotatable bonds is 5. The Hall–Kier alpha value is -0.540. The van der Waals surface area contributed by atoms with Crippen LogP contribution < -0.4 is 4.72 Å². The molecule has 108 valence electrons. The summed E-state index contributed by atoms with van der Waals surface area (Å²) in [6, 6.07) is 0. The van der Waals surface area contributed by atoms with Gasteiger partial charge < -0.3 is 5.11 Å². The summed E-state index contributed by atoms with van der Waals surface area (Å²) in [5.74, 6) is 0.232. The molecule has 1 aliphatic heterocycles. The summed E-state index contributed by atoms with van der Waals surface area (Å²) in [5, 5.41) is 9.05. The molecular weight excluding hydrogens is 286 g/mol. The van der Waals surface area contributed by atoms with Crippen LogP contribution in [0.5, 0.6) is 0 Å². The molecule has 19 heavy (non-hydrogen) atoms. The smallest absolute Gasteiger partial charge is 0.279 e. The quantitative estimate of drug-likeness (QED) is 0.829. The molecule has 0 unspecified atom stereocenters. The van der Waals surface area contributed by atoms with E-state index in [0.717, 1.165) is 23.4 Å². The molecular formula is C11H19N3O3S2. The van der Waals surface area contributed by atoms with E-state index in [1.807, 2.05) is 6.92 Å². The summed E-state index contributed by atoms with van der Waals surface area (Å²) in [6.45, 7) is 3.25. The molecule has 1 aromatic rings. The maximum absolute atomic E-state index is 12.1. The number of piperidine rings is 1. The van der Waals surface area contributed by atoms with Crippen LogP contribution in [0.15, 0.2) is 5.51 Å². The molecule has 1 aliphatic rings. The summed E-state index contributed by atoms with van der Waals surface area (Å²) in [4.78, 5) is 5.03. The molecule has 1 fully saturated rings. The number of aromatic nitrogens is 1. The van der Waals surface area contributed by atoms with E-state index in [0.29, 0.717) is 19.6 Å². The molecule has 0 aliphatic carbocycles. The Morgan fingerprint density at radius 1 is 1.53 bits per heavy atom. The van der Waals surface area contributed by atoms with Gasteiger partial charge in [0.25, 0.3) is 10.2 Å². The van der Waals surface area contributed by atoms with Gasteiger partial charge in [-0.1, -0.05) is 0 Å². The Bertz CT molecular complexity index is 507. The highest BCUT2D eigenvalue weighted by atomic mass is 32.2. The first-order valence-electron chi connectivity index (χ1n) is 6.27. The molecule has 2 rings (SSSR count). The second kappa shape index (κ2) is 6.27. The molecule has 2 N–H and O–H groups in total. The fraction of sp³-hybridized carbons (Fsp3) is 0.727. The Balaban J connectivity index is 1.90. The number of hydrogen-bond acceptors (Lipinski definition) is 5. The molecule has 2 heterocycles. The monoisotopic (exact) mass is 305 g/mol. The minimum atomic E-state index is -3.43. The van der Waals surface area contributed by atoms with Crippen molar-refractivity contribution in [2.45, 2.75) is 26.3 Å². The number of nitrogens with one attached hydrogen (secondary N) is 1.